The van der Waals surface area contributed by atoms with E-state index in [2.05, 4.69) is 12.2 Å². The molecular weight excluding hydrogens is 218 g/mol. The monoisotopic (exact) mass is 245 g/mol. The summed E-state index contributed by atoms with van der Waals surface area (Å²) in [5, 5.41) is 3.14. The summed E-state index contributed by atoms with van der Waals surface area (Å²) in [7, 11) is 1.96. The van der Waals surface area contributed by atoms with Crippen LogP contribution in [0.2, 0.25) is 0 Å². The summed E-state index contributed by atoms with van der Waals surface area (Å²) in [6.45, 7) is 6.05. The van der Waals surface area contributed by atoms with Crippen LogP contribution < -0.4 is 5.32 Å². The molecule has 0 aliphatic carbocycles. The lowest BCUT2D eigenvalue weighted by Crippen LogP contribution is -2.25. The minimum atomic E-state index is 0.281. The first-order valence-electron chi connectivity index (χ1n) is 6.82. The number of likely N-dealkylation sites (N-methyl/N-ethyl adjacent to an activating group) is 1. The number of ether oxygens (including phenoxy) is 3. The van der Waals surface area contributed by atoms with Gasteiger partial charge in [-0.15, -0.1) is 0 Å². The van der Waals surface area contributed by atoms with Crippen LogP contribution in [0, 0.1) is 0 Å². The quantitative estimate of drug-likeness (QED) is 0.593. The first-order chi connectivity index (χ1) is 8.36. The van der Waals surface area contributed by atoms with Crippen LogP contribution in [0.25, 0.3) is 0 Å². The number of hydrogen-bond acceptors (Lipinski definition) is 4. The average molecular weight is 245 g/mol. The van der Waals surface area contributed by atoms with Crippen molar-refractivity contribution in [2.75, 3.05) is 40.0 Å². The first kappa shape index (κ1) is 14.9. The van der Waals surface area contributed by atoms with Gasteiger partial charge in [0.2, 0.25) is 0 Å². The third-order valence-corrected chi connectivity index (χ3v) is 2.95. The predicted octanol–water partition coefficient (Wildman–Crippen LogP) is 1.59. The molecule has 1 rings (SSSR count). The van der Waals surface area contributed by atoms with Crippen LogP contribution in [0.1, 0.15) is 32.6 Å². The summed E-state index contributed by atoms with van der Waals surface area (Å²) in [5.74, 6) is 0. The maximum absolute atomic E-state index is 5.82. The van der Waals surface area contributed by atoms with E-state index in [4.69, 9.17) is 14.2 Å². The molecule has 102 valence electrons. The van der Waals surface area contributed by atoms with Gasteiger partial charge in [0.15, 0.2) is 0 Å². The Morgan fingerprint density at radius 3 is 2.65 bits per heavy atom. The fourth-order valence-electron chi connectivity index (χ4n) is 1.96. The molecule has 1 fully saturated rings. The zero-order chi connectivity index (χ0) is 12.3. The van der Waals surface area contributed by atoms with E-state index < -0.39 is 0 Å². The van der Waals surface area contributed by atoms with Crippen molar-refractivity contribution in [3.63, 3.8) is 0 Å². The van der Waals surface area contributed by atoms with Gasteiger partial charge in [-0.25, -0.2) is 0 Å². The van der Waals surface area contributed by atoms with Gasteiger partial charge in [0, 0.05) is 13.2 Å². The maximum atomic E-state index is 5.82. The molecule has 17 heavy (non-hydrogen) atoms. The second-order valence-corrected chi connectivity index (χ2v) is 4.56. The van der Waals surface area contributed by atoms with Gasteiger partial charge in [0.1, 0.15) is 0 Å². The molecule has 2 atom stereocenters. The van der Waals surface area contributed by atoms with Crippen LogP contribution in [0.3, 0.4) is 0 Å². The molecular formula is C13H27NO3. The summed E-state index contributed by atoms with van der Waals surface area (Å²) >= 11 is 0. The van der Waals surface area contributed by atoms with Gasteiger partial charge in [0.25, 0.3) is 0 Å². The Labute approximate surface area is 105 Å². The Bertz CT molecular complexity index is 178. The van der Waals surface area contributed by atoms with Crippen LogP contribution in [0.5, 0.6) is 0 Å². The SMILES string of the molecule is CCCCOCCOCC1CCC(CNC)O1. The van der Waals surface area contributed by atoms with E-state index in [1.807, 2.05) is 7.05 Å². The molecule has 4 nitrogen and oxygen atoms in total. The van der Waals surface area contributed by atoms with E-state index in [9.17, 15) is 0 Å². The lowest BCUT2D eigenvalue weighted by Gasteiger charge is -2.13. The van der Waals surface area contributed by atoms with Crippen molar-refractivity contribution in [3.8, 4) is 0 Å². The van der Waals surface area contributed by atoms with Crippen LogP contribution in [-0.4, -0.2) is 52.2 Å². The minimum Gasteiger partial charge on any atom is -0.379 e. The molecule has 4 heteroatoms. The summed E-state index contributed by atoms with van der Waals surface area (Å²) in [6, 6.07) is 0. The molecule has 0 radical (unpaired) electrons. The molecule has 2 unspecified atom stereocenters. The Kier molecular flexibility index (Phi) is 8.61. The Morgan fingerprint density at radius 1 is 1.12 bits per heavy atom. The highest BCUT2D eigenvalue weighted by Gasteiger charge is 2.24. The zero-order valence-electron chi connectivity index (χ0n) is 11.2. The van der Waals surface area contributed by atoms with E-state index in [-0.39, 0.29) is 6.10 Å². The molecule has 0 aromatic heterocycles. The van der Waals surface area contributed by atoms with Crippen LogP contribution in [0.15, 0.2) is 0 Å². The van der Waals surface area contributed by atoms with E-state index in [1.54, 1.807) is 0 Å². The van der Waals surface area contributed by atoms with Crippen LogP contribution in [0.4, 0.5) is 0 Å². The van der Waals surface area contributed by atoms with Gasteiger partial charge in [-0.05, 0) is 26.3 Å². The number of hydrogen-bond donors (Lipinski definition) is 1. The molecule has 1 aliphatic rings. The van der Waals surface area contributed by atoms with E-state index >= 15 is 0 Å². The highest BCUT2D eigenvalue weighted by molar-refractivity contribution is 4.74. The molecule has 1 aliphatic heterocycles. The van der Waals surface area contributed by atoms with Gasteiger partial charge >= 0.3 is 0 Å². The zero-order valence-corrected chi connectivity index (χ0v) is 11.2. The van der Waals surface area contributed by atoms with Gasteiger partial charge in [-0.1, -0.05) is 13.3 Å². The molecule has 0 aromatic rings. The minimum absolute atomic E-state index is 0.281. The highest BCUT2D eigenvalue weighted by atomic mass is 16.6. The topological polar surface area (TPSA) is 39.7 Å². The van der Waals surface area contributed by atoms with Crippen molar-refractivity contribution in [1.82, 2.24) is 5.32 Å². The standard InChI is InChI=1S/C13H27NO3/c1-3-4-7-15-8-9-16-11-13-6-5-12(17-13)10-14-2/h12-14H,3-11H2,1-2H3. The van der Waals surface area contributed by atoms with Crippen LogP contribution in [-0.2, 0) is 14.2 Å². The average Bonchev–Trinajstić information content (AvgIpc) is 2.76. The second kappa shape index (κ2) is 9.83. The molecule has 0 spiro atoms. The van der Waals surface area contributed by atoms with Gasteiger partial charge in [0.05, 0.1) is 32.0 Å². The largest absolute Gasteiger partial charge is 0.379 e. The van der Waals surface area contributed by atoms with Crippen molar-refractivity contribution in [2.24, 2.45) is 0 Å². The summed E-state index contributed by atoms with van der Waals surface area (Å²) < 4.78 is 16.8. The third-order valence-electron chi connectivity index (χ3n) is 2.95. The normalized spacial score (nSPS) is 24.4. The van der Waals surface area contributed by atoms with E-state index in [0.717, 1.165) is 32.4 Å². The van der Waals surface area contributed by atoms with Crippen molar-refractivity contribution >= 4 is 0 Å². The Balaban J connectivity index is 1.87. The van der Waals surface area contributed by atoms with Crippen LogP contribution >= 0.6 is 0 Å². The van der Waals surface area contributed by atoms with Gasteiger partial charge in [-0.3, -0.25) is 0 Å². The molecule has 0 saturated carbocycles. The fraction of sp³-hybridized carbons (Fsp3) is 1.00. The lowest BCUT2D eigenvalue weighted by atomic mass is 10.2. The lowest BCUT2D eigenvalue weighted by molar-refractivity contribution is -0.0282. The summed E-state index contributed by atoms with van der Waals surface area (Å²) in [6.07, 6.45) is 5.23. The Morgan fingerprint density at radius 2 is 1.88 bits per heavy atom. The number of rotatable bonds is 10. The van der Waals surface area contributed by atoms with Crippen molar-refractivity contribution in [1.29, 1.82) is 0 Å². The van der Waals surface area contributed by atoms with E-state index in [0.29, 0.717) is 25.9 Å². The summed E-state index contributed by atoms with van der Waals surface area (Å²) in [5.41, 5.74) is 0. The maximum Gasteiger partial charge on any atom is 0.0813 e. The smallest absolute Gasteiger partial charge is 0.0813 e. The molecule has 1 heterocycles. The summed E-state index contributed by atoms with van der Waals surface area (Å²) in [4.78, 5) is 0. The predicted molar refractivity (Wildman–Crippen MR) is 68.4 cm³/mol. The fourth-order valence-corrected chi connectivity index (χ4v) is 1.96. The van der Waals surface area contributed by atoms with Crippen molar-refractivity contribution in [3.05, 3.63) is 0 Å². The Hall–Kier alpha value is -0.160. The third kappa shape index (κ3) is 6.99. The van der Waals surface area contributed by atoms with Crippen molar-refractivity contribution < 1.29 is 14.2 Å². The molecule has 0 aromatic carbocycles. The second-order valence-electron chi connectivity index (χ2n) is 4.56. The molecule has 0 amide bonds. The molecule has 1 N–H and O–H groups in total. The number of unbranched alkanes of at least 4 members (excludes halogenated alkanes) is 1. The highest BCUT2D eigenvalue weighted by Crippen LogP contribution is 2.19. The molecule has 1 saturated heterocycles. The first-order valence-corrected chi connectivity index (χ1v) is 6.82. The van der Waals surface area contributed by atoms with E-state index in [1.165, 1.54) is 6.42 Å². The van der Waals surface area contributed by atoms with Gasteiger partial charge < -0.3 is 19.5 Å². The van der Waals surface area contributed by atoms with Crippen molar-refractivity contribution in [2.45, 2.75) is 44.8 Å². The van der Waals surface area contributed by atoms with Gasteiger partial charge in [-0.2, -0.15) is 0 Å². The molecule has 0 bridgehead atoms. The number of nitrogens with one attached hydrogen (secondary N) is 1.